The van der Waals surface area contributed by atoms with Crippen LogP contribution in [0.5, 0.6) is 0 Å². The van der Waals surface area contributed by atoms with Gasteiger partial charge in [-0.25, -0.2) is 9.97 Å². The lowest BCUT2D eigenvalue weighted by atomic mass is 9.81. The van der Waals surface area contributed by atoms with E-state index in [0.29, 0.717) is 0 Å². The Morgan fingerprint density at radius 2 is 1.00 bits per heavy atom. The van der Waals surface area contributed by atoms with Crippen LogP contribution in [0.1, 0.15) is 25.0 Å². The van der Waals surface area contributed by atoms with Crippen molar-refractivity contribution in [1.29, 1.82) is 0 Å². The van der Waals surface area contributed by atoms with E-state index in [1.165, 1.54) is 65.7 Å². The minimum atomic E-state index is -0.103. The molecule has 51 heavy (non-hydrogen) atoms. The number of hydrogen-bond donors (Lipinski definition) is 0. The van der Waals surface area contributed by atoms with Crippen molar-refractivity contribution in [2.75, 3.05) is 0 Å². The Labute approximate surface area is 297 Å². The molecule has 0 atom stereocenters. The second-order valence-electron chi connectivity index (χ2n) is 14.2. The van der Waals surface area contributed by atoms with E-state index < -0.39 is 0 Å². The highest BCUT2D eigenvalue weighted by Gasteiger charge is 2.38. The Hall–Kier alpha value is -6.38. The van der Waals surface area contributed by atoms with Crippen LogP contribution >= 0.6 is 0 Å². The predicted molar refractivity (Wildman–Crippen MR) is 214 cm³/mol. The van der Waals surface area contributed by atoms with Crippen molar-refractivity contribution in [3.05, 3.63) is 181 Å². The smallest absolute Gasteiger partial charge is 0.160 e. The monoisotopic (exact) mass is 650 g/mol. The van der Waals surface area contributed by atoms with E-state index in [0.717, 1.165) is 33.9 Å². The van der Waals surface area contributed by atoms with Gasteiger partial charge in [0.1, 0.15) is 0 Å². The minimum absolute atomic E-state index is 0.103. The Balaban J connectivity index is 1.20. The van der Waals surface area contributed by atoms with Gasteiger partial charge < -0.3 is 0 Å². The van der Waals surface area contributed by atoms with E-state index in [-0.39, 0.29) is 5.41 Å². The van der Waals surface area contributed by atoms with Crippen molar-refractivity contribution in [3.63, 3.8) is 0 Å². The average Bonchev–Trinajstić information content (AvgIpc) is 3.43. The van der Waals surface area contributed by atoms with Gasteiger partial charge in [0, 0.05) is 22.1 Å². The van der Waals surface area contributed by atoms with Crippen LogP contribution in [0.4, 0.5) is 0 Å². The molecule has 0 radical (unpaired) electrons. The molecule has 9 aromatic rings. The van der Waals surface area contributed by atoms with Gasteiger partial charge in [0.25, 0.3) is 0 Å². The van der Waals surface area contributed by atoms with Crippen molar-refractivity contribution in [1.82, 2.24) is 9.97 Å². The molecule has 2 heteroatoms. The van der Waals surface area contributed by atoms with Gasteiger partial charge in [-0.15, -0.1) is 0 Å². The Kier molecular flexibility index (Phi) is 6.56. The molecule has 0 unspecified atom stereocenters. The van der Waals surface area contributed by atoms with Crippen LogP contribution in [-0.4, -0.2) is 9.97 Å². The Morgan fingerprint density at radius 3 is 1.82 bits per heavy atom. The Morgan fingerprint density at radius 1 is 0.373 bits per heavy atom. The molecule has 0 aliphatic heterocycles. The molecular weight excluding hydrogens is 617 g/mol. The van der Waals surface area contributed by atoms with Gasteiger partial charge in [0.2, 0.25) is 0 Å². The van der Waals surface area contributed by atoms with E-state index in [1.807, 2.05) is 18.2 Å². The lowest BCUT2D eigenvalue weighted by molar-refractivity contribution is 0.661. The fraction of sp³-hybridized carbons (Fsp3) is 0.0612. The van der Waals surface area contributed by atoms with Gasteiger partial charge in [0.05, 0.1) is 11.4 Å². The van der Waals surface area contributed by atoms with Gasteiger partial charge in [-0.1, -0.05) is 172 Å². The molecule has 0 amide bonds. The standard InChI is InChI=1S/C49H34N2/c1-49(2)42-22-12-21-41(47(42)46-36-18-9-8-14-32(36)25-28-43(46)49)39-26-27-40(38-20-11-10-19-37(38)39)45-30-44(50-48(51-45)33-15-4-3-5-16-33)35-24-23-31-13-6-7-17-34(31)29-35/h3-30H,1-2H3. The van der Waals surface area contributed by atoms with Crippen molar-refractivity contribution in [3.8, 4) is 56.2 Å². The van der Waals surface area contributed by atoms with Crippen molar-refractivity contribution in [2.24, 2.45) is 0 Å². The number of fused-ring (bicyclic) bond motifs is 7. The molecule has 10 rings (SSSR count). The molecule has 1 aliphatic carbocycles. The first-order valence-electron chi connectivity index (χ1n) is 17.7. The molecule has 0 N–H and O–H groups in total. The summed E-state index contributed by atoms with van der Waals surface area (Å²) >= 11 is 0. The molecule has 0 spiro atoms. The van der Waals surface area contributed by atoms with Crippen LogP contribution in [0.15, 0.2) is 170 Å². The summed E-state index contributed by atoms with van der Waals surface area (Å²) in [5, 5.41) is 7.37. The Bertz CT molecular complexity index is 2830. The zero-order valence-corrected chi connectivity index (χ0v) is 28.6. The fourth-order valence-corrected chi connectivity index (χ4v) is 8.33. The van der Waals surface area contributed by atoms with Crippen molar-refractivity contribution >= 4 is 32.3 Å². The molecule has 1 heterocycles. The molecule has 1 aromatic heterocycles. The van der Waals surface area contributed by atoms with Gasteiger partial charge in [-0.3, -0.25) is 0 Å². The molecular formula is C49H34N2. The highest BCUT2D eigenvalue weighted by Crippen LogP contribution is 2.55. The maximum atomic E-state index is 5.24. The zero-order valence-electron chi connectivity index (χ0n) is 28.6. The highest BCUT2D eigenvalue weighted by molar-refractivity contribution is 6.11. The van der Waals surface area contributed by atoms with E-state index in [1.54, 1.807) is 0 Å². The second-order valence-corrected chi connectivity index (χ2v) is 14.2. The predicted octanol–water partition coefficient (Wildman–Crippen LogP) is 12.9. The summed E-state index contributed by atoms with van der Waals surface area (Å²) in [6.07, 6.45) is 0. The summed E-state index contributed by atoms with van der Waals surface area (Å²) in [6, 6.07) is 61.2. The van der Waals surface area contributed by atoms with Crippen LogP contribution in [0.25, 0.3) is 88.5 Å². The topological polar surface area (TPSA) is 25.8 Å². The maximum absolute atomic E-state index is 5.24. The summed E-state index contributed by atoms with van der Waals surface area (Å²) in [5.74, 6) is 0.719. The summed E-state index contributed by atoms with van der Waals surface area (Å²) in [4.78, 5) is 10.4. The molecule has 8 aromatic carbocycles. The number of hydrogen-bond acceptors (Lipinski definition) is 2. The third-order valence-electron chi connectivity index (χ3n) is 10.9. The van der Waals surface area contributed by atoms with Crippen molar-refractivity contribution < 1.29 is 0 Å². The van der Waals surface area contributed by atoms with Crippen molar-refractivity contribution in [2.45, 2.75) is 19.3 Å². The third kappa shape index (κ3) is 4.64. The SMILES string of the molecule is CC1(C)c2cccc(-c3ccc(-c4cc(-c5ccc6ccccc6c5)nc(-c5ccccc5)n4)c4ccccc34)c2-c2c1ccc1ccccc21. The number of benzene rings is 8. The number of aromatic nitrogens is 2. The molecule has 240 valence electrons. The first-order valence-corrected chi connectivity index (χ1v) is 17.7. The highest BCUT2D eigenvalue weighted by atomic mass is 14.9. The zero-order chi connectivity index (χ0) is 34.1. The number of rotatable bonds is 4. The molecule has 0 saturated carbocycles. The van der Waals surface area contributed by atoms with Gasteiger partial charge in [0.15, 0.2) is 5.82 Å². The van der Waals surface area contributed by atoms with E-state index in [9.17, 15) is 0 Å². The van der Waals surface area contributed by atoms with Crippen LogP contribution < -0.4 is 0 Å². The summed E-state index contributed by atoms with van der Waals surface area (Å²) < 4.78 is 0. The largest absolute Gasteiger partial charge is 0.228 e. The van der Waals surface area contributed by atoms with E-state index >= 15 is 0 Å². The molecule has 0 saturated heterocycles. The maximum Gasteiger partial charge on any atom is 0.160 e. The van der Waals surface area contributed by atoms with Crippen LogP contribution in [0, 0.1) is 0 Å². The van der Waals surface area contributed by atoms with Crippen LogP contribution in [-0.2, 0) is 5.41 Å². The quantitative estimate of drug-likeness (QED) is 0.189. The molecule has 0 bridgehead atoms. The average molecular weight is 651 g/mol. The van der Waals surface area contributed by atoms with Gasteiger partial charge >= 0.3 is 0 Å². The normalized spacial score (nSPS) is 13.1. The summed E-state index contributed by atoms with van der Waals surface area (Å²) in [7, 11) is 0. The molecule has 2 nitrogen and oxygen atoms in total. The first-order chi connectivity index (χ1) is 25.0. The van der Waals surface area contributed by atoms with Gasteiger partial charge in [-0.2, -0.15) is 0 Å². The van der Waals surface area contributed by atoms with Crippen LogP contribution in [0.2, 0.25) is 0 Å². The number of nitrogens with zero attached hydrogens (tertiary/aromatic N) is 2. The lowest BCUT2D eigenvalue weighted by Gasteiger charge is -2.22. The van der Waals surface area contributed by atoms with E-state index in [2.05, 4.69) is 166 Å². The van der Waals surface area contributed by atoms with Gasteiger partial charge in [-0.05, 0) is 77.8 Å². The third-order valence-corrected chi connectivity index (χ3v) is 10.9. The minimum Gasteiger partial charge on any atom is -0.228 e. The summed E-state index contributed by atoms with van der Waals surface area (Å²) in [6.45, 7) is 4.73. The fourth-order valence-electron chi connectivity index (χ4n) is 8.33. The molecule has 1 aliphatic rings. The first kappa shape index (κ1) is 29.5. The van der Waals surface area contributed by atoms with E-state index in [4.69, 9.17) is 9.97 Å². The summed E-state index contributed by atoms with van der Waals surface area (Å²) in [5.41, 5.74) is 12.8. The molecule has 0 fully saturated rings. The second kappa shape index (κ2) is 11.3. The lowest BCUT2D eigenvalue weighted by Crippen LogP contribution is -2.14. The van der Waals surface area contributed by atoms with Crippen LogP contribution in [0.3, 0.4) is 0 Å².